The van der Waals surface area contributed by atoms with Crippen LogP contribution in [0, 0.1) is 17.3 Å². The van der Waals surface area contributed by atoms with Crippen LogP contribution in [0.3, 0.4) is 0 Å². The van der Waals surface area contributed by atoms with Gasteiger partial charge in [-0.25, -0.2) is 0 Å². The molecule has 1 heterocycles. The summed E-state index contributed by atoms with van der Waals surface area (Å²) in [6.45, 7) is 11.0. The fraction of sp³-hybridized carbons (Fsp3) is 0.909. The highest BCUT2D eigenvalue weighted by Gasteiger charge is 2.37. The molecule has 1 fully saturated rings. The molecule has 0 amide bonds. The first kappa shape index (κ1) is 11.7. The summed E-state index contributed by atoms with van der Waals surface area (Å²) in [6.07, 6.45) is 0. The van der Waals surface area contributed by atoms with Gasteiger partial charge in [0.2, 0.25) is 0 Å². The first-order valence-corrected chi connectivity index (χ1v) is 5.36. The quantitative estimate of drug-likeness (QED) is 0.668. The summed E-state index contributed by atoms with van der Waals surface area (Å²) in [7, 11) is 0. The van der Waals surface area contributed by atoms with E-state index in [1.807, 2.05) is 20.8 Å². The van der Waals surface area contributed by atoms with Gasteiger partial charge in [0.15, 0.2) is 0 Å². The van der Waals surface area contributed by atoms with Gasteiger partial charge in [-0.2, -0.15) is 0 Å². The molecule has 1 aliphatic heterocycles. The average Bonchev–Trinajstić information content (AvgIpc) is 2.07. The van der Waals surface area contributed by atoms with Gasteiger partial charge >= 0.3 is 0 Å². The molecule has 1 aliphatic rings. The monoisotopic (exact) mass is 198 g/mol. The van der Waals surface area contributed by atoms with Gasteiger partial charge < -0.3 is 0 Å². The molecule has 0 bridgehead atoms. The lowest BCUT2D eigenvalue weighted by molar-refractivity contribution is -0.133. The Labute approximate surface area is 86.6 Å². The molecule has 0 spiro atoms. The molecule has 2 N–H and O–H groups in total. The van der Waals surface area contributed by atoms with Crippen LogP contribution in [-0.2, 0) is 4.79 Å². The highest BCUT2D eigenvalue weighted by Crippen LogP contribution is 2.27. The molecule has 0 aliphatic carbocycles. The molecular formula is C11H22N2O. The van der Waals surface area contributed by atoms with Gasteiger partial charge in [-0.3, -0.25) is 15.6 Å². The van der Waals surface area contributed by atoms with Crippen LogP contribution in [0.5, 0.6) is 0 Å². The standard InChI is InChI=1S/C11H22N2O/c1-7-8(2)13-12-6-9(7)10(14)11(3,4)5/h7-9,12-13H,6H2,1-5H3. The molecule has 0 radical (unpaired) electrons. The van der Waals surface area contributed by atoms with Gasteiger partial charge in [-0.05, 0) is 12.8 Å². The van der Waals surface area contributed by atoms with Crippen molar-refractivity contribution in [2.45, 2.75) is 40.7 Å². The van der Waals surface area contributed by atoms with Gasteiger partial charge in [-0.15, -0.1) is 0 Å². The Bertz CT molecular complexity index is 220. The molecule has 14 heavy (non-hydrogen) atoms. The van der Waals surface area contributed by atoms with Gasteiger partial charge in [-0.1, -0.05) is 27.7 Å². The number of rotatable bonds is 1. The topological polar surface area (TPSA) is 41.1 Å². The molecule has 0 aromatic carbocycles. The molecule has 0 aromatic heterocycles. The first-order valence-electron chi connectivity index (χ1n) is 5.36. The maximum atomic E-state index is 12.1. The third kappa shape index (κ3) is 2.34. The Balaban J connectivity index is 2.72. The van der Waals surface area contributed by atoms with Crippen LogP contribution in [0.4, 0.5) is 0 Å². The van der Waals surface area contributed by atoms with E-state index < -0.39 is 0 Å². The van der Waals surface area contributed by atoms with Crippen molar-refractivity contribution in [3.8, 4) is 0 Å². The van der Waals surface area contributed by atoms with Gasteiger partial charge in [0.05, 0.1) is 0 Å². The minimum Gasteiger partial charge on any atom is -0.299 e. The average molecular weight is 198 g/mol. The van der Waals surface area contributed by atoms with Crippen molar-refractivity contribution in [1.29, 1.82) is 0 Å². The molecule has 0 aromatic rings. The second-order valence-electron chi connectivity index (χ2n) is 5.39. The molecule has 0 saturated carbocycles. The van der Waals surface area contributed by atoms with E-state index in [-0.39, 0.29) is 11.3 Å². The number of carbonyl (C=O) groups is 1. The minimum absolute atomic E-state index is 0.145. The smallest absolute Gasteiger partial charge is 0.142 e. The van der Waals surface area contributed by atoms with Gasteiger partial charge in [0.1, 0.15) is 5.78 Å². The Morgan fingerprint density at radius 2 is 1.86 bits per heavy atom. The van der Waals surface area contributed by atoms with Crippen LogP contribution in [0.25, 0.3) is 0 Å². The Hall–Kier alpha value is -0.410. The summed E-state index contributed by atoms with van der Waals surface area (Å²) < 4.78 is 0. The Morgan fingerprint density at radius 1 is 1.29 bits per heavy atom. The highest BCUT2D eigenvalue weighted by molar-refractivity contribution is 5.86. The Kier molecular flexibility index (Phi) is 3.32. The second kappa shape index (κ2) is 3.99. The van der Waals surface area contributed by atoms with Gasteiger partial charge in [0.25, 0.3) is 0 Å². The predicted octanol–water partition coefficient (Wildman–Crippen LogP) is 1.35. The summed E-state index contributed by atoms with van der Waals surface area (Å²) in [5.41, 5.74) is 6.04. The van der Waals surface area contributed by atoms with Crippen LogP contribution in [0.15, 0.2) is 0 Å². The minimum atomic E-state index is -0.225. The maximum absolute atomic E-state index is 12.1. The second-order valence-corrected chi connectivity index (χ2v) is 5.39. The maximum Gasteiger partial charge on any atom is 0.142 e. The predicted molar refractivity (Wildman–Crippen MR) is 57.7 cm³/mol. The van der Waals surface area contributed by atoms with E-state index in [1.54, 1.807) is 0 Å². The Morgan fingerprint density at radius 3 is 2.36 bits per heavy atom. The van der Waals surface area contributed by atoms with E-state index in [4.69, 9.17) is 0 Å². The SMILES string of the molecule is CC1NNCC(C(=O)C(C)(C)C)C1C. The fourth-order valence-corrected chi connectivity index (χ4v) is 1.88. The number of nitrogens with one attached hydrogen (secondary N) is 2. The van der Waals surface area contributed by atoms with Crippen molar-refractivity contribution < 1.29 is 4.79 Å². The summed E-state index contributed by atoms with van der Waals surface area (Å²) in [5.74, 6) is 0.917. The van der Waals surface area contributed by atoms with Crippen LogP contribution in [0.2, 0.25) is 0 Å². The molecule has 1 rings (SSSR count). The lowest BCUT2D eigenvalue weighted by Crippen LogP contribution is -2.56. The molecule has 3 nitrogen and oxygen atoms in total. The van der Waals surface area contributed by atoms with Gasteiger partial charge in [0, 0.05) is 23.9 Å². The number of hydrogen-bond acceptors (Lipinski definition) is 3. The molecule has 3 heteroatoms. The lowest BCUT2D eigenvalue weighted by Gasteiger charge is -2.37. The van der Waals surface area contributed by atoms with Crippen molar-refractivity contribution >= 4 is 5.78 Å². The lowest BCUT2D eigenvalue weighted by atomic mass is 9.75. The van der Waals surface area contributed by atoms with E-state index in [9.17, 15) is 4.79 Å². The van der Waals surface area contributed by atoms with Crippen molar-refractivity contribution in [1.82, 2.24) is 10.9 Å². The van der Waals surface area contributed by atoms with Crippen LogP contribution in [0.1, 0.15) is 34.6 Å². The molecule has 3 unspecified atom stereocenters. The zero-order valence-corrected chi connectivity index (χ0v) is 9.85. The number of hydrazine groups is 1. The number of carbonyl (C=O) groups excluding carboxylic acids is 1. The highest BCUT2D eigenvalue weighted by atomic mass is 16.1. The van der Waals surface area contributed by atoms with Crippen molar-refractivity contribution in [3.05, 3.63) is 0 Å². The molecular weight excluding hydrogens is 176 g/mol. The first-order chi connectivity index (χ1) is 6.34. The van der Waals surface area contributed by atoms with Crippen molar-refractivity contribution in [2.24, 2.45) is 17.3 Å². The zero-order valence-electron chi connectivity index (χ0n) is 9.85. The fourth-order valence-electron chi connectivity index (χ4n) is 1.88. The molecule has 3 atom stereocenters. The van der Waals surface area contributed by atoms with E-state index in [0.29, 0.717) is 17.7 Å². The van der Waals surface area contributed by atoms with Crippen molar-refractivity contribution in [2.75, 3.05) is 6.54 Å². The summed E-state index contributed by atoms with van der Waals surface area (Å²) in [6, 6.07) is 0.361. The summed E-state index contributed by atoms with van der Waals surface area (Å²) >= 11 is 0. The molecule has 1 saturated heterocycles. The normalized spacial score (nSPS) is 34.2. The van der Waals surface area contributed by atoms with E-state index in [1.165, 1.54) is 0 Å². The van der Waals surface area contributed by atoms with Crippen LogP contribution < -0.4 is 10.9 Å². The van der Waals surface area contributed by atoms with Crippen LogP contribution >= 0.6 is 0 Å². The summed E-state index contributed by atoms with van der Waals surface area (Å²) in [5, 5.41) is 0. The van der Waals surface area contributed by atoms with E-state index in [2.05, 4.69) is 24.7 Å². The van der Waals surface area contributed by atoms with E-state index >= 15 is 0 Å². The zero-order chi connectivity index (χ0) is 10.9. The largest absolute Gasteiger partial charge is 0.299 e. The van der Waals surface area contributed by atoms with E-state index in [0.717, 1.165) is 6.54 Å². The third-order valence-electron chi connectivity index (χ3n) is 3.15. The summed E-state index contributed by atoms with van der Waals surface area (Å²) in [4.78, 5) is 12.1. The van der Waals surface area contributed by atoms with Crippen molar-refractivity contribution in [3.63, 3.8) is 0 Å². The molecule has 82 valence electrons. The van der Waals surface area contributed by atoms with Crippen LogP contribution in [-0.4, -0.2) is 18.4 Å². The third-order valence-corrected chi connectivity index (χ3v) is 3.15. The number of ketones is 1. The number of hydrogen-bond donors (Lipinski definition) is 2. The number of Topliss-reactive ketones (excluding diaryl/α,β-unsaturated/α-hetero) is 1.